The van der Waals surface area contributed by atoms with Gasteiger partial charge in [0.05, 0.1) is 24.7 Å². The number of carboxylic acid groups (broad SMARTS) is 1. The van der Waals surface area contributed by atoms with Crippen molar-refractivity contribution in [3.63, 3.8) is 0 Å². The summed E-state index contributed by atoms with van der Waals surface area (Å²) in [6, 6.07) is 10.3. The van der Waals surface area contributed by atoms with Gasteiger partial charge in [0.15, 0.2) is 6.29 Å². The van der Waals surface area contributed by atoms with Crippen LogP contribution in [-0.4, -0.2) is 49.5 Å². The van der Waals surface area contributed by atoms with Gasteiger partial charge in [-0.2, -0.15) is 0 Å². The number of fused-ring (bicyclic) bond motifs is 2. The zero-order valence-corrected chi connectivity index (χ0v) is 22.6. The molecule has 0 spiro atoms. The maximum Gasteiger partial charge on any atom is 0.315 e. The summed E-state index contributed by atoms with van der Waals surface area (Å²) in [5.74, 6) is 0.263. The number of aliphatic carboxylic acids is 1. The van der Waals surface area contributed by atoms with Gasteiger partial charge in [0.1, 0.15) is 11.7 Å². The average Bonchev–Trinajstić information content (AvgIpc) is 3.45. The van der Waals surface area contributed by atoms with Crippen LogP contribution >= 0.6 is 0 Å². The normalized spacial score (nSPS) is 44.1. The first kappa shape index (κ1) is 25.1. The van der Waals surface area contributed by atoms with E-state index in [0.29, 0.717) is 31.4 Å². The van der Waals surface area contributed by atoms with E-state index in [9.17, 15) is 14.7 Å². The number of aldehydes is 1. The third kappa shape index (κ3) is 3.18. The largest absolute Gasteiger partial charge is 0.481 e. The monoisotopic (exact) mass is 507 g/mol. The highest BCUT2D eigenvalue weighted by molar-refractivity contribution is 5.90. The van der Waals surface area contributed by atoms with Crippen LogP contribution in [0.5, 0.6) is 0 Å². The molecule has 4 fully saturated rings. The molecule has 1 aromatic carbocycles. The number of hydrogen-bond acceptors (Lipinski definition) is 5. The minimum Gasteiger partial charge on any atom is -0.481 e. The molecule has 37 heavy (non-hydrogen) atoms. The smallest absolute Gasteiger partial charge is 0.315 e. The Morgan fingerprint density at radius 1 is 1.19 bits per heavy atom. The van der Waals surface area contributed by atoms with Crippen LogP contribution in [0.4, 0.5) is 5.69 Å². The van der Waals surface area contributed by atoms with E-state index < -0.39 is 28.5 Å². The van der Waals surface area contributed by atoms with Crippen LogP contribution in [-0.2, 0) is 19.1 Å². The lowest BCUT2D eigenvalue weighted by atomic mass is 9.43. The van der Waals surface area contributed by atoms with Crippen molar-refractivity contribution in [1.29, 1.82) is 0 Å². The third-order valence-electron chi connectivity index (χ3n) is 11.0. The summed E-state index contributed by atoms with van der Waals surface area (Å²) in [4.78, 5) is 29.1. The fourth-order valence-electron chi connectivity index (χ4n) is 9.73. The molecular weight excluding hydrogens is 466 g/mol. The number of nitrogens with zero attached hydrogens (tertiary/aromatic N) is 1. The van der Waals surface area contributed by atoms with Crippen LogP contribution in [0.15, 0.2) is 42.0 Å². The zero-order valence-electron chi connectivity index (χ0n) is 22.6. The van der Waals surface area contributed by atoms with Crippen LogP contribution in [0, 0.1) is 45.8 Å². The molecule has 1 saturated heterocycles. The Bertz CT molecular complexity index is 1100. The van der Waals surface area contributed by atoms with Crippen molar-refractivity contribution in [1.82, 2.24) is 0 Å². The molecule has 0 amide bonds. The Labute approximate surface area is 220 Å². The Kier molecular flexibility index (Phi) is 5.89. The lowest BCUT2D eigenvalue weighted by Gasteiger charge is -2.58. The molecule has 6 heteroatoms. The van der Waals surface area contributed by atoms with Gasteiger partial charge in [-0.3, -0.25) is 4.79 Å². The average molecular weight is 508 g/mol. The molecule has 0 radical (unpaired) electrons. The molecule has 6 nitrogen and oxygen atoms in total. The lowest BCUT2D eigenvalue weighted by molar-refractivity contribution is -0.218. The number of ether oxygens (including phenoxy) is 2. The van der Waals surface area contributed by atoms with Gasteiger partial charge in [0.2, 0.25) is 0 Å². The number of para-hydroxylation sites is 1. The summed E-state index contributed by atoms with van der Waals surface area (Å²) in [6.45, 7) is 10.2. The standard InChI is InChI=1S/C31H41NO5/c1-19(2)26-12-22-13-29(17-33)25-11-10-20(3)24(25)14-30(22,31(26,29)28(34)35)18-36-27-16-32(15-21(4)37-27)23-8-6-5-7-9-23/h5-9,12,17,19-22,24-25,27H,10-11,13-16,18H2,1-4H3,(H,34,35)/t20-,21-,22-,24-,25-,27-,29+,30?,31+/m1/s1. The highest BCUT2D eigenvalue weighted by atomic mass is 16.7. The number of carboxylic acids is 1. The molecule has 1 aliphatic heterocycles. The number of carbonyl (C=O) groups excluding carboxylic acids is 1. The minimum atomic E-state index is -1.20. The summed E-state index contributed by atoms with van der Waals surface area (Å²) >= 11 is 0. The number of allylic oxidation sites excluding steroid dienone is 1. The van der Waals surface area contributed by atoms with Gasteiger partial charge in [0.25, 0.3) is 0 Å². The van der Waals surface area contributed by atoms with Crippen LogP contribution in [0.1, 0.15) is 53.4 Å². The maximum atomic E-state index is 13.6. The van der Waals surface area contributed by atoms with Crippen molar-refractivity contribution in [2.75, 3.05) is 24.6 Å². The Morgan fingerprint density at radius 3 is 2.62 bits per heavy atom. The number of hydrogen-bond donors (Lipinski definition) is 1. The quantitative estimate of drug-likeness (QED) is 0.405. The molecule has 9 atom stereocenters. The van der Waals surface area contributed by atoms with E-state index in [1.807, 2.05) is 18.2 Å². The second-order valence-corrected chi connectivity index (χ2v) is 12.9. The Morgan fingerprint density at radius 2 is 1.95 bits per heavy atom. The van der Waals surface area contributed by atoms with Crippen molar-refractivity contribution in [3.8, 4) is 0 Å². The summed E-state index contributed by atoms with van der Waals surface area (Å²) in [6.07, 6.45) is 6.32. The first-order chi connectivity index (χ1) is 17.7. The van der Waals surface area contributed by atoms with Gasteiger partial charge in [-0.15, -0.1) is 0 Å². The zero-order chi connectivity index (χ0) is 26.2. The highest BCUT2D eigenvalue weighted by Crippen LogP contribution is 2.82. The van der Waals surface area contributed by atoms with Gasteiger partial charge in [-0.1, -0.05) is 57.0 Å². The van der Waals surface area contributed by atoms with Crippen molar-refractivity contribution in [2.45, 2.75) is 65.8 Å². The fourth-order valence-corrected chi connectivity index (χ4v) is 9.73. The fraction of sp³-hybridized carbons (Fsp3) is 0.677. The van der Waals surface area contributed by atoms with E-state index in [4.69, 9.17) is 9.47 Å². The molecule has 4 aliphatic carbocycles. The number of anilines is 1. The van der Waals surface area contributed by atoms with E-state index in [0.717, 1.165) is 43.4 Å². The summed E-state index contributed by atoms with van der Waals surface area (Å²) in [5.41, 5.74) is -0.595. The van der Waals surface area contributed by atoms with Crippen LogP contribution in [0.25, 0.3) is 0 Å². The van der Waals surface area contributed by atoms with Gasteiger partial charge in [0, 0.05) is 17.6 Å². The van der Waals surface area contributed by atoms with Crippen LogP contribution in [0.3, 0.4) is 0 Å². The van der Waals surface area contributed by atoms with Crippen LogP contribution < -0.4 is 4.90 Å². The van der Waals surface area contributed by atoms with Gasteiger partial charge >= 0.3 is 5.97 Å². The molecule has 1 N–H and O–H groups in total. The lowest BCUT2D eigenvalue weighted by Crippen LogP contribution is -2.64. The first-order valence-corrected chi connectivity index (χ1v) is 14.2. The third-order valence-corrected chi connectivity index (χ3v) is 11.0. The Hall–Kier alpha value is -2.18. The predicted molar refractivity (Wildman–Crippen MR) is 141 cm³/mol. The molecule has 4 bridgehead atoms. The molecule has 6 rings (SSSR count). The van der Waals surface area contributed by atoms with Crippen molar-refractivity contribution >= 4 is 17.9 Å². The summed E-state index contributed by atoms with van der Waals surface area (Å²) in [5, 5.41) is 11.1. The summed E-state index contributed by atoms with van der Waals surface area (Å²) in [7, 11) is 0. The van der Waals surface area contributed by atoms with Crippen molar-refractivity contribution in [3.05, 3.63) is 42.0 Å². The first-order valence-electron chi connectivity index (χ1n) is 14.2. The molecule has 0 aromatic heterocycles. The van der Waals surface area contributed by atoms with Gasteiger partial charge < -0.3 is 24.3 Å². The molecule has 1 heterocycles. The SMILES string of the molecule is CC(C)C1=C[C@@H]2C[C@]3(C=O)[C@@H]4CC[C@@H](C)[C@H]4CC2(CO[C@H]2CN(c4ccccc4)C[C@@H](C)O2)[C@]13C(=O)O. The molecule has 1 aromatic rings. The molecule has 1 unspecified atom stereocenters. The van der Waals surface area contributed by atoms with E-state index in [1.54, 1.807) is 0 Å². The van der Waals surface area contributed by atoms with E-state index in [1.165, 1.54) is 0 Å². The molecular formula is C31H41NO5. The number of morpholine rings is 1. The van der Waals surface area contributed by atoms with Crippen LogP contribution in [0.2, 0.25) is 0 Å². The Balaban J connectivity index is 1.37. The maximum absolute atomic E-state index is 13.6. The topological polar surface area (TPSA) is 76.1 Å². The molecule has 3 saturated carbocycles. The van der Waals surface area contributed by atoms with E-state index >= 15 is 0 Å². The van der Waals surface area contributed by atoms with E-state index in [-0.39, 0.29) is 23.9 Å². The second-order valence-electron chi connectivity index (χ2n) is 12.9. The highest BCUT2D eigenvalue weighted by Gasteiger charge is 2.84. The number of benzene rings is 1. The summed E-state index contributed by atoms with van der Waals surface area (Å²) < 4.78 is 12.9. The minimum absolute atomic E-state index is 0.00537. The number of carbonyl (C=O) groups is 2. The van der Waals surface area contributed by atoms with E-state index in [2.05, 4.69) is 50.8 Å². The van der Waals surface area contributed by atoms with Crippen molar-refractivity contribution in [2.24, 2.45) is 45.8 Å². The number of rotatable bonds is 7. The van der Waals surface area contributed by atoms with Gasteiger partial charge in [-0.25, -0.2) is 0 Å². The second kappa shape index (κ2) is 8.67. The van der Waals surface area contributed by atoms with Gasteiger partial charge in [-0.05, 0) is 67.9 Å². The molecule has 200 valence electrons. The van der Waals surface area contributed by atoms with Crippen molar-refractivity contribution < 1.29 is 24.2 Å². The predicted octanol–water partition coefficient (Wildman–Crippen LogP) is 5.18. The molecule has 5 aliphatic rings.